The van der Waals surface area contributed by atoms with Crippen molar-refractivity contribution in [2.24, 2.45) is 5.92 Å². The molecule has 0 amide bonds. The van der Waals surface area contributed by atoms with Crippen molar-refractivity contribution in [3.8, 4) is 5.75 Å². The molecule has 1 heterocycles. The third kappa shape index (κ3) is 2.63. The van der Waals surface area contributed by atoms with Gasteiger partial charge < -0.3 is 14.8 Å². The molecular formula is C16H25NO2. The predicted molar refractivity (Wildman–Crippen MR) is 77.8 cm³/mol. The van der Waals surface area contributed by atoms with E-state index in [4.69, 9.17) is 9.47 Å². The summed E-state index contributed by atoms with van der Waals surface area (Å²) in [4.78, 5) is 0. The fourth-order valence-corrected chi connectivity index (χ4v) is 2.97. The van der Waals surface area contributed by atoms with Gasteiger partial charge in [0.2, 0.25) is 0 Å². The zero-order chi connectivity index (χ0) is 14.0. The quantitative estimate of drug-likeness (QED) is 0.906. The number of ether oxygens (including phenoxy) is 2. The summed E-state index contributed by atoms with van der Waals surface area (Å²) in [5.41, 5.74) is 3.67. The maximum Gasteiger partial charge on any atom is 0.126 e. The van der Waals surface area contributed by atoms with Crippen LogP contribution in [0.3, 0.4) is 0 Å². The summed E-state index contributed by atoms with van der Waals surface area (Å²) in [5.74, 6) is 1.56. The first-order valence-corrected chi connectivity index (χ1v) is 7.03. The van der Waals surface area contributed by atoms with Gasteiger partial charge in [-0.05, 0) is 44.4 Å². The van der Waals surface area contributed by atoms with Crippen LogP contribution in [0.4, 0.5) is 0 Å². The Morgan fingerprint density at radius 1 is 1.37 bits per heavy atom. The van der Waals surface area contributed by atoms with Crippen molar-refractivity contribution >= 4 is 0 Å². The van der Waals surface area contributed by atoms with Crippen molar-refractivity contribution in [3.05, 3.63) is 28.8 Å². The third-order valence-corrected chi connectivity index (χ3v) is 4.33. The van der Waals surface area contributed by atoms with Crippen molar-refractivity contribution in [2.45, 2.75) is 39.3 Å². The molecule has 0 bridgehead atoms. The van der Waals surface area contributed by atoms with Crippen molar-refractivity contribution < 1.29 is 9.47 Å². The molecular weight excluding hydrogens is 238 g/mol. The highest BCUT2D eigenvalue weighted by atomic mass is 16.5. The number of likely N-dealkylation sites (N-methyl/N-ethyl adjacent to an activating group) is 1. The van der Waals surface area contributed by atoms with Crippen LogP contribution in [0.1, 0.15) is 36.1 Å². The van der Waals surface area contributed by atoms with Crippen LogP contribution < -0.4 is 10.1 Å². The van der Waals surface area contributed by atoms with E-state index < -0.39 is 0 Å². The van der Waals surface area contributed by atoms with Gasteiger partial charge in [-0.3, -0.25) is 0 Å². The molecule has 3 unspecified atom stereocenters. The molecule has 3 atom stereocenters. The minimum Gasteiger partial charge on any atom is -0.496 e. The Bertz CT molecular complexity index is 445. The van der Waals surface area contributed by atoms with E-state index in [1.807, 2.05) is 7.05 Å². The summed E-state index contributed by atoms with van der Waals surface area (Å²) in [5, 5.41) is 3.41. The Morgan fingerprint density at radius 3 is 2.63 bits per heavy atom. The van der Waals surface area contributed by atoms with E-state index in [0.29, 0.717) is 5.92 Å². The fraction of sp³-hybridized carbons (Fsp3) is 0.625. The van der Waals surface area contributed by atoms with Gasteiger partial charge in [-0.25, -0.2) is 0 Å². The highest BCUT2D eigenvalue weighted by Gasteiger charge is 2.34. The van der Waals surface area contributed by atoms with Crippen LogP contribution in [0.5, 0.6) is 5.75 Å². The normalized spacial score (nSPS) is 24.5. The van der Waals surface area contributed by atoms with Crippen LogP contribution in [0.25, 0.3) is 0 Å². The maximum atomic E-state index is 5.92. The average molecular weight is 263 g/mol. The number of rotatable bonds is 4. The molecule has 1 aliphatic heterocycles. The molecule has 1 aromatic carbocycles. The largest absolute Gasteiger partial charge is 0.496 e. The number of hydrogen-bond donors (Lipinski definition) is 1. The van der Waals surface area contributed by atoms with Gasteiger partial charge >= 0.3 is 0 Å². The maximum absolute atomic E-state index is 5.92. The lowest BCUT2D eigenvalue weighted by atomic mass is 9.90. The van der Waals surface area contributed by atoms with Crippen LogP contribution in [0.15, 0.2) is 12.1 Å². The zero-order valence-corrected chi connectivity index (χ0v) is 12.6. The van der Waals surface area contributed by atoms with E-state index >= 15 is 0 Å². The Labute approximate surface area is 116 Å². The molecule has 1 N–H and O–H groups in total. The first kappa shape index (κ1) is 14.4. The summed E-state index contributed by atoms with van der Waals surface area (Å²) in [6.07, 6.45) is 1.36. The Hall–Kier alpha value is -1.06. The molecule has 3 nitrogen and oxygen atoms in total. The van der Waals surface area contributed by atoms with Gasteiger partial charge in [-0.1, -0.05) is 19.1 Å². The molecule has 0 aromatic heterocycles. The average Bonchev–Trinajstić information content (AvgIpc) is 2.81. The summed E-state index contributed by atoms with van der Waals surface area (Å²) in [6.45, 7) is 7.35. The summed E-state index contributed by atoms with van der Waals surface area (Å²) in [6, 6.07) is 4.51. The van der Waals surface area contributed by atoms with Crippen LogP contribution in [-0.2, 0) is 4.74 Å². The molecule has 1 saturated heterocycles. The van der Waals surface area contributed by atoms with Gasteiger partial charge in [0.15, 0.2) is 0 Å². The number of benzene rings is 1. The number of aryl methyl sites for hydroxylation is 1. The molecule has 19 heavy (non-hydrogen) atoms. The highest BCUT2D eigenvalue weighted by Crippen LogP contribution is 2.37. The molecule has 106 valence electrons. The number of hydrogen-bond acceptors (Lipinski definition) is 3. The Kier molecular flexibility index (Phi) is 4.48. The van der Waals surface area contributed by atoms with Crippen LogP contribution >= 0.6 is 0 Å². The van der Waals surface area contributed by atoms with Crippen molar-refractivity contribution in [1.82, 2.24) is 5.32 Å². The lowest BCUT2D eigenvalue weighted by molar-refractivity contribution is 0.0623. The topological polar surface area (TPSA) is 30.5 Å². The lowest BCUT2D eigenvalue weighted by Gasteiger charge is -2.28. The second kappa shape index (κ2) is 5.93. The van der Waals surface area contributed by atoms with Crippen LogP contribution in [0.2, 0.25) is 0 Å². The first-order chi connectivity index (χ1) is 9.10. The first-order valence-electron chi connectivity index (χ1n) is 7.03. The molecule has 1 fully saturated rings. The molecule has 1 aromatic rings. The summed E-state index contributed by atoms with van der Waals surface area (Å²) < 4.78 is 11.6. The molecule has 2 rings (SSSR count). The molecule has 0 radical (unpaired) electrons. The fourth-order valence-electron chi connectivity index (χ4n) is 2.97. The minimum absolute atomic E-state index is 0.187. The van der Waals surface area contributed by atoms with Gasteiger partial charge in [0.1, 0.15) is 5.75 Å². The molecule has 0 saturated carbocycles. The smallest absolute Gasteiger partial charge is 0.126 e. The second-order valence-corrected chi connectivity index (χ2v) is 5.50. The summed E-state index contributed by atoms with van der Waals surface area (Å²) in [7, 11) is 3.74. The SMILES string of the molecule is CNC(c1ccc(C)c(C)c1OC)C1OCCC1C. The van der Waals surface area contributed by atoms with E-state index in [9.17, 15) is 0 Å². The number of methoxy groups -OCH3 is 1. The van der Waals surface area contributed by atoms with Gasteiger partial charge in [0.25, 0.3) is 0 Å². The van der Waals surface area contributed by atoms with Gasteiger partial charge in [0, 0.05) is 12.2 Å². The van der Waals surface area contributed by atoms with Gasteiger partial charge in [-0.15, -0.1) is 0 Å². The minimum atomic E-state index is 0.187. The van der Waals surface area contributed by atoms with Crippen molar-refractivity contribution in [3.63, 3.8) is 0 Å². The lowest BCUT2D eigenvalue weighted by Crippen LogP contribution is -2.33. The number of nitrogens with one attached hydrogen (secondary N) is 1. The standard InChI is InChI=1S/C16H25NO2/c1-10-6-7-13(16(18-5)12(10)3)14(17-4)15-11(2)8-9-19-15/h6-7,11,14-15,17H,8-9H2,1-5H3. The molecule has 3 heteroatoms. The van der Waals surface area contributed by atoms with E-state index in [1.165, 1.54) is 16.7 Å². The van der Waals surface area contributed by atoms with Gasteiger partial charge in [0.05, 0.1) is 19.3 Å². The molecule has 0 aliphatic carbocycles. The van der Waals surface area contributed by atoms with E-state index in [0.717, 1.165) is 18.8 Å². The Balaban J connectivity index is 2.40. The van der Waals surface area contributed by atoms with E-state index in [2.05, 4.69) is 38.2 Å². The Morgan fingerprint density at radius 2 is 2.11 bits per heavy atom. The van der Waals surface area contributed by atoms with Crippen LogP contribution in [-0.4, -0.2) is 26.9 Å². The molecule has 1 aliphatic rings. The monoisotopic (exact) mass is 263 g/mol. The zero-order valence-electron chi connectivity index (χ0n) is 12.6. The predicted octanol–water partition coefficient (Wildman–Crippen LogP) is 3.00. The third-order valence-electron chi connectivity index (χ3n) is 4.33. The summed E-state index contributed by atoms with van der Waals surface area (Å²) >= 11 is 0. The highest BCUT2D eigenvalue weighted by molar-refractivity contribution is 5.47. The van der Waals surface area contributed by atoms with E-state index in [1.54, 1.807) is 7.11 Å². The van der Waals surface area contributed by atoms with E-state index in [-0.39, 0.29) is 12.1 Å². The van der Waals surface area contributed by atoms with Crippen LogP contribution in [0, 0.1) is 19.8 Å². The van der Waals surface area contributed by atoms with Gasteiger partial charge in [-0.2, -0.15) is 0 Å². The van der Waals surface area contributed by atoms with Crippen molar-refractivity contribution in [2.75, 3.05) is 20.8 Å². The second-order valence-electron chi connectivity index (χ2n) is 5.50. The molecule has 0 spiro atoms. The van der Waals surface area contributed by atoms with Crippen molar-refractivity contribution in [1.29, 1.82) is 0 Å².